The molecule has 3 amide bonds. The number of alkyl halides is 3. The molecule has 2 aliphatic rings. The van der Waals surface area contributed by atoms with Crippen molar-refractivity contribution in [2.75, 3.05) is 19.6 Å². The van der Waals surface area contributed by atoms with Crippen molar-refractivity contribution in [2.24, 2.45) is 0 Å². The van der Waals surface area contributed by atoms with Crippen LogP contribution in [0, 0.1) is 0 Å². The topological polar surface area (TPSA) is 99.9 Å². The number of hydrogen-bond donors (Lipinski definition) is 1. The average Bonchev–Trinajstić information content (AvgIpc) is 3.48. The van der Waals surface area contributed by atoms with Gasteiger partial charge >= 0.3 is 5.51 Å². The van der Waals surface area contributed by atoms with Crippen LogP contribution in [0.2, 0.25) is 5.02 Å². The van der Waals surface area contributed by atoms with E-state index < -0.39 is 22.9 Å². The minimum absolute atomic E-state index is 0.0544. The Hall–Kier alpha value is -4.29. The van der Waals surface area contributed by atoms with Crippen molar-refractivity contribution in [3.05, 3.63) is 110 Å². The van der Waals surface area contributed by atoms with Crippen molar-refractivity contribution in [2.45, 2.75) is 61.0 Å². The molecule has 2 fully saturated rings. The standard InChI is InChI=1S/C36H33ClF3N3O5S/c37-25-9-7-22(8-10-25)18-29(41-34(46)32-20-30(44)28-19-26(49-36(38,39)40)11-12-31(28)48-32)35(47)42-16-13-23(14-17-42)27-5-2-1-4-24(27)21-43-15-3-6-33(43)45/h1-2,4-5,7-12,19-20,23,29H,3,6,13-18,21H2,(H,41,46)/t29-/m0/s1. The lowest BCUT2D eigenvalue weighted by atomic mass is 9.86. The number of likely N-dealkylation sites (tertiary alicyclic amines) is 2. The van der Waals surface area contributed by atoms with E-state index in [9.17, 15) is 32.3 Å². The van der Waals surface area contributed by atoms with E-state index in [0.29, 0.717) is 43.9 Å². The molecule has 0 spiro atoms. The Morgan fingerprint density at radius 3 is 2.41 bits per heavy atom. The van der Waals surface area contributed by atoms with Crippen molar-refractivity contribution >= 4 is 52.1 Å². The monoisotopic (exact) mass is 711 g/mol. The van der Waals surface area contributed by atoms with Crippen molar-refractivity contribution in [1.29, 1.82) is 0 Å². The molecule has 2 saturated heterocycles. The van der Waals surface area contributed by atoms with Gasteiger partial charge in [-0.3, -0.25) is 19.2 Å². The van der Waals surface area contributed by atoms with E-state index in [1.165, 1.54) is 11.6 Å². The molecule has 1 aromatic heterocycles. The van der Waals surface area contributed by atoms with Crippen LogP contribution in [0.3, 0.4) is 0 Å². The fraction of sp³-hybridized carbons (Fsp3) is 0.333. The predicted molar refractivity (Wildman–Crippen MR) is 180 cm³/mol. The van der Waals surface area contributed by atoms with Crippen LogP contribution in [0.15, 0.2) is 86.9 Å². The Morgan fingerprint density at radius 1 is 0.980 bits per heavy atom. The zero-order valence-corrected chi connectivity index (χ0v) is 27.9. The average molecular weight is 712 g/mol. The van der Waals surface area contributed by atoms with Gasteiger partial charge in [0.2, 0.25) is 11.8 Å². The fourth-order valence-electron chi connectivity index (χ4n) is 6.51. The number of carbonyl (C=O) groups excluding carboxylic acids is 3. The largest absolute Gasteiger partial charge is 0.451 e. The number of carbonyl (C=O) groups is 3. The SMILES string of the molecule is O=C(N[C@@H](Cc1ccc(Cl)cc1)C(=O)N1CCC(c2ccccc2CN2CCCC2=O)CC1)c1cc(=O)c2cc(SC(F)(F)F)ccc2o1. The molecule has 0 bridgehead atoms. The number of nitrogens with one attached hydrogen (secondary N) is 1. The number of nitrogens with zero attached hydrogens (tertiary/aromatic N) is 2. The first-order chi connectivity index (χ1) is 23.4. The number of hydrogen-bond acceptors (Lipinski definition) is 6. The van der Waals surface area contributed by atoms with Crippen LogP contribution < -0.4 is 10.7 Å². The fourth-order valence-corrected chi connectivity index (χ4v) is 7.22. The number of rotatable bonds is 9. The van der Waals surface area contributed by atoms with Gasteiger partial charge in [-0.15, -0.1) is 0 Å². The first kappa shape index (κ1) is 34.6. The van der Waals surface area contributed by atoms with Crippen LogP contribution in [0.1, 0.15) is 58.8 Å². The van der Waals surface area contributed by atoms with E-state index in [-0.39, 0.29) is 57.5 Å². The summed E-state index contributed by atoms with van der Waals surface area (Å²) in [6.45, 7) is 2.24. The van der Waals surface area contributed by atoms with Crippen molar-refractivity contribution in [1.82, 2.24) is 15.1 Å². The number of amides is 3. The number of halogens is 4. The highest BCUT2D eigenvalue weighted by Gasteiger charge is 2.33. The van der Waals surface area contributed by atoms with Gasteiger partial charge in [-0.25, -0.2) is 0 Å². The van der Waals surface area contributed by atoms with Crippen LogP contribution in [0.4, 0.5) is 13.2 Å². The minimum Gasteiger partial charge on any atom is -0.451 e. The van der Waals surface area contributed by atoms with Gasteiger partial charge in [0.15, 0.2) is 11.2 Å². The Bertz CT molecular complexity index is 1930. The van der Waals surface area contributed by atoms with E-state index in [2.05, 4.69) is 17.4 Å². The second kappa shape index (κ2) is 14.7. The molecule has 13 heteroatoms. The second-order valence-electron chi connectivity index (χ2n) is 12.3. The number of piperidine rings is 1. The molecule has 3 aromatic carbocycles. The minimum atomic E-state index is -4.53. The maximum atomic E-state index is 14.0. The van der Waals surface area contributed by atoms with E-state index in [1.807, 2.05) is 17.0 Å². The van der Waals surface area contributed by atoms with E-state index in [4.69, 9.17) is 16.0 Å². The van der Waals surface area contributed by atoms with Gasteiger partial charge in [0.1, 0.15) is 11.6 Å². The van der Waals surface area contributed by atoms with E-state index in [1.54, 1.807) is 29.2 Å². The molecule has 49 heavy (non-hydrogen) atoms. The van der Waals surface area contributed by atoms with Gasteiger partial charge in [0.25, 0.3) is 5.91 Å². The summed E-state index contributed by atoms with van der Waals surface area (Å²) in [5, 5.41) is 3.15. The normalized spacial score (nSPS) is 16.3. The first-order valence-corrected chi connectivity index (χ1v) is 17.2. The molecule has 6 rings (SSSR count). The highest BCUT2D eigenvalue weighted by atomic mass is 35.5. The third-order valence-corrected chi connectivity index (χ3v) is 9.92. The summed E-state index contributed by atoms with van der Waals surface area (Å²) in [7, 11) is 0. The zero-order chi connectivity index (χ0) is 34.7. The van der Waals surface area contributed by atoms with E-state index >= 15 is 0 Å². The quantitative estimate of drug-likeness (QED) is 0.189. The predicted octanol–water partition coefficient (Wildman–Crippen LogP) is 6.93. The van der Waals surface area contributed by atoms with Gasteiger partial charge in [-0.1, -0.05) is 48.0 Å². The molecule has 8 nitrogen and oxygen atoms in total. The molecule has 0 saturated carbocycles. The zero-order valence-electron chi connectivity index (χ0n) is 26.3. The van der Waals surface area contributed by atoms with E-state index in [0.717, 1.165) is 42.3 Å². The maximum absolute atomic E-state index is 14.0. The third-order valence-electron chi connectivity index (χ3n) is 8.95. The molecule has 0 unspecified atom stereocenters. The summed E-state index contributed by atoms with van der Waals surface area (Å²) < 4.78 is 44.2. The van der Waals surface area contributed by atoms with Crippen LogP contribution >= 0.6 is 23.4 Å². The molecule has 3 heterocycles. The summed E-state index contributed by atoms with van der Waals surface area (Å²) in [5.74, 6) is -1.10. The summed E-state index contributed by atoms with van der Waals surface area (Å²) in [4.78, 5) is 56.0. The van der Waals surface area contributed by atoms with Gasteiger partial charge in [0, 0.05) is 55.0 Å². The summed E-state index contributed by atoms with van der Waals surface area (Å²) in [5.41, 5.74) is -2.24. The van der Waals surface area contributed by atoms with Crippen LogP contribution in [0.5, 0.6) is 0 Å². The maximum Gasteiger partial charge on any atom is 0.446 e. The van der Waals surface area contributed by atoms with Crippen molar-refractivity contribution < 1.29 is 32.0 Å². The summed E-state index contributed by atoms with van der Waals surface area (Å²) >= 11 is 5.71. The second-order valence-corrected chi connectivity index (χ2v) is 13.8. The van der Waals surface area contributed by atoms with Crippen molar-refractivity contribution in [3.8, 4) is 0 Å². The highest BCUT2D eigenvalue weighted by molar-refractivity contribution is 8.00. The molecule has 1 atom stereocenters. The number of fused-ring (bicyclic) bond motifs is 1. The molecule has 256 valence electrons. The molecular formula is C36H33ClF3N3O5S. The molecule has 0 aliphatic carbocycles. The Balaban J connectivity index is 1.18. The van der Waals surface area contributed by atoms with Crippen LogP contribution in [-0.2, 0) is 22.6 Å². The summed E-state index contributed by atoms with van der Waals surface area (Å²) in [6, 6.07) is 18.4. The molecule has 1 N–H and O–H groups in total. The lowest BCUT2D eigenvalue weighted by Crippen LogP contribution is -2.51. The Labute approximate surface area is 289 Å². The number of benzene rings is 3. The third kappa shape index (κ3) is 8.48. The molecule has 2 aliphatic heterocycles. The van der Waals surface area contributed by atoms with Crippen molar-refractivity contribution in [3.63, 3.8) is 0 Å². The highest BCUT2D eigenvalue weighted by Crippen LogP contribution is 2.37. The summed E-state index contributed by atoms with van der Waals surface area (Å²) in [6.07, 6.45) is 2.99. The molecule has 4 aromatic rings. The lowest BCUT2D eigenvalue weighted by molar-refractivity contribution is -0.134. The van der Waals surface area contributed by atoms with Gasteiger partial charge in [0.05, 0.1) is 5.39 Å². The van der Waals surface area contributed by atoms with Crippen LogP contribution in [-0.4, -0.2) is 58.7 Å². The Kier molecular flexibility index (Phi) is 10.4. The van der Waals surface area contributed by atoms with Crippen LogP contribution in [0.25, 0.3) is 11.0 Å². The smallest absolute Gasteiger partial charge is 0.446 e. The van der Waals surface area contributed by atoms with Gasteiger partial charge in [-0.05, 0) is 84.0 Å². The first-order valence-electron chi connectivity index (χ1n) is 16.0. The molecule has 0 radical (unpaired) electrons. The molecular weight excluding hydrogens is 679 g/mol. The Morgan fingerprint density at radius 2 is 1.71 bits per heavy atom. The number of thioether (sulfide) groups is 1. The van der Waals surface area contributed by atoms with Gasteiger partial charge in [-0.2, -0.15) is 13.2 Å². The lowest BCUT2D eigenvalue weighted by Gasteiger charge is -2.35. The van der Waals surface area contributed by atoms with Gasteiger partial charge < -0.3 is 19.5 Å².